The number of hydrogen-bond acceptors (Lipinski definition) is 2. The molecule has 0 spiro atoms. The number of hydrogen-bond donors (Lipinski definition) is 1. The lowest BCUT2D eigenvalue weighted by atomic mass is 10.0. The summed E-state index contributed by atoms with van der Waals surface area (Å²) >= 11 is 0. The number of nitrogens with zero attached hydrogens (tertiary/aromatic N) is 2. The Morgan fingerprint density at radius 2 is 2.10 bits per heavy atom. The standard InChI is InChI=1S/C17H23N3O/c1-3-20-11-8-14(9-12-20)19(2)17(21)15-6-4-5-13-7-10-18-16(13)15/h4-7,10,14,18H,3,8-9,11-12H2,1-2H3. The summed E-state index contributed by atoms with van der Waals surface area (Å²) in [4.78, 5) is 20.4. The van der Waals surface area contributed by atoms with Gasteiger partial charge in [0.15, 0.2) is 0 Å². The Morgan fingerprint density at radius 1 is 1.33 bits per heavy atom. The van der Waals surface area contributed by atoms with Gasteiger partial charge in [-0.05, 0) is 31.5 Å². The molecule has 21 heavy (non-hydrogen) atoms. The van der Waals surface area contributed by atoms with Gasteiger partial charge in [-0.15, -0.1) is 0 Å². The number of H-pyrrole nitrogens is 1. The lowest BCUT2D eigenvalue weighted by molar-refractivity contribution is 0.0648. The number of amides is 1. The maximum Gasteiger partial charge on any atom is 0.255 e. The number of benzene rings is 1. The van der Waals surface area contributed by atoms with Crippen LogP contribution in [0.4, 0.5) is 0 Å². The molecule has 4 heteroatoms. The average molecular weight is 285 g/mol. The van der Waals surface area contributed by atoms with Gasteiger partial charge in [0.2, 0.25) is 0 Å². The van der Waals surface area contributed by atoms with Crippen LogP contribution >= 0.6 is 0 Å². The van der Waals surface area contributed by atoms with E-state index in [4.69, 9.17) is 0 Å². The van der Waals surface area contributed by atoms with Gasteiger partial charge in [0, 0.05) is 37.8 Å². The highest BCUT2D eigenvalue weighted by atomic mass is 16.2. The fraction of sp³-hybridized carbons (Fsp3) is 0.471. The van der Waals surface area contributed by atoms with Crippen LogP contribution in [0.15, 0.2) is 30.5 Å². The van der Waals surface area contributed by atoms with Crippen LogP contribution in [0.2, 0.25) is 0 Å². The van der Waals surface area contributed by atoms with Gasteiger partial charge >= 0.3 is 0 Å². The summed E-state index contributed by atoms with van der Waals surface area (Å²) in [5.74, 6) is 0.123. The molecule has 2 heterocycles. The maximum absolute atomic E-state index is 12.8. The Balaban J connectivity index is 1.77. The van der Waals surface area contributed by atoms with Gasteiger partial charge in [-0.3, -0.25) is 4.79 Å². The van der Waals surface area contributed by atoms with Crippen molar-refractivity contribution in [1.82, 2.24) is 14.8 Å². The molecule has 0 saturated carbocycles. The summed E-state index contributed by atoms with van der Waals surface area (Å²) in [6.45, 7) is 5.48. The van der Waals surface area contributed by atoms with Crippen molar-refractivity contribution >= 4 is 16.8 Å². The third kappa shape index (κ3) is 2.68. The van der Waals surface area contributed by atoms with Crippen LogP contribution in [-0.2, 0) is 0 Å². The van der Waals surface area contributed by atoms with Crippen LogP contribution in [0, 0.1) is 0 Å². The van der Waals surface area contributed by atoms with E-state index < -0.39 is 0 Å². The van der Waals surface area contributed by atoms with Crippen LogP contribution < -0.4 is 0 Å². The minimum atomic E-state index is 0.123. The fourth-order valence-electron chi connectivity index (χ4n) is 3.24. The number of para-hydroxylation sites is 1. The Labute approximate surface area is 125 Å². The SMILES string of the molecule is CCN1CCC(N(C)C(=O)c2cccc3cc[nH]c23)CC1. The first-order valence-electron chi connectivity index (χ1n) is 7.76. The number of carbonyl (C=O) groups is 1. The molecule has 0 bridgehead atoms. The zero-order chi connectivity index (χ0) is 14.8. The Bertz CT molecular complexity index is 626. The van der Waals surface area contributed by atoms with E-state index in [-0.39, 0.29) is 5.91 Å². The molecular weight excluding hydrogens is 262 g/mol. The molecule has 0 radical (unpaired) electrons. The number of aromatic nitrogens is 1. The van der Waals surface area contributed by atoms with Crippen LogP contribution in [0.1, 0.15) is 30.1 Å². The van der Waals surface area contributed by atoms with Crippen molar-refractivity contribution in [3.05, 3.63) is 36.0 Å². The quantitative estimate of drug-likeness (QED) is 0.942. The summed E-state index contributed by atoms with van der Waals surface area (Å²) in [6.07, 6.45) is 4.02. The van der Waals surface area contributed by atoms with E-state index in [2.05, 4.69) is 16.8 Å². The van der Waals surface area contributed by atoms with Crippen molar-refractivity contribution in [1.29, 1.82) is 0 Å². The number of nitrogens with one attached hydrogen (secondary N) is 1. The molecule has 2 aromatic rings. The van der Waals surface area contributed by atoms with E-state index in [1.54, 1.807) is 0 Å². The van der Waals surface area contributed by atoms with Crippen LogP contribution in [0.25, 0.3) is 10.9 Å². The second-order valence-corrected chi connectivity index (χ2v) is 5.83. The molecule has 1 aromatic carbocycles. The number of carbonyl (C=O) groups excluding carboxylic acids is 1. The van der Waals surface area contributed by atoms with Crippen LogP contribution in [0.5, 0.6) is 0 Å². The van der Waals surface area contributed by atoms with Crippen molar-refractivity contribution < 1.29 is 4.79 Å². The minimum Gasteiger partial charge on any atom is -0.361 e. The van der Waals surface area contributed by atoms with Crippen molar-refractivity contribution in [2.45, 2.75) is 25.8 Å². The number of piperidine rings is 1. The molecule has 4 nitrogen and oxygen atoms in total. The number of fused-ring (bicyclic) bond motifs is 1. The van der Waals surface area contributed by atoms with Gasteiger partial charge in [-0.2, -0.15) is 0 Å². The summed E-state index contributed by atoms with van der Waals surface area (Å²) in [7, 11) is 1.94. The molecule has 1 aliphatic heterocycles. The third-order valence-corrected chi connectivity index (χ3v) is 4.69. The molecule has 1 amide bonds. The first-order valence-corrected chi connectivity index (χ1v) is 7.76. The number of rotatable bonds is 3. The molecule has 1 saturated heterocycles. The lowest BCUT2D eigenvalue weighted by Crippen LogP contribution is -2.45. The smallest absolute Gasteiger partial charge is 0.255 e. The molecule has 1 aliphatic rings. The van der Waals surface area contributed by atoms with E-state index in [0.29, 0.717) is 6.04 Å². The van der Waals surface area contributed by atoms with Gasteiger partial charge in [0.25, 0.3) is 5.91 Å². The van der Waals surface area contributed by atoms with Gasteiger partial charge in [0.1, 0.15) is 0 Å². The highest BCUT2D eigenvalue weighted by molar-refractivity contribution is 6.05. The predicted molar refractivity (Wildman–Crippen MR) is 85.5 cm³/mol. The first kappa shape index (κ1) is 14.1. The highest BCUT2D eigenvalue weighted by Crippen LogP contribution is 2.22. The average Bonchev–Trinajstić information content (AvgIpc) is 3.02. The zero-order valence-corrected chi connectivity index (χ0v) is 12.8. The maximum atomic E-state index is 12.8. The molecule has 1 N–H and O–H groups in total. The van der Waals surface area contributed by atoms with E-state index >= 15 is 0 Å². The monoisotopic (exact) mass is 285 g/mol. The summed E-state index contributed by atoms with van der Waals surface area (Å²) in [5.41, 5.74) is 1.72. The van der Waals surface area contributed by atoms with E-state index in [9.17, 15) is 4.79 Å². The second-order valence-electron chi connectivity index (χ2n) is 5.83. The molecule has 1 fully saturated rings. The predicted octanol–water partition coefficient (Wildman–Crippen LogP) is 2.72. The molecule has 3 rings (SSSR count). The fourth-order valence-corrected chi connectivity index (χ4v) is 3.24. The van der Waals surface area contributed by atoms with E-state index in [1.165, 1.54) is 0 Å². The lowest BCUT2D eigenvalue weighted by Gasteiger charge is -2.36. The molecular formula is C17H23N3O. The molecule has 0 aliphatic carbocycles. The largest absolute Gasteiger partial charge is 0.361 e. The minimum absolute atomic E-state index is 0.123. The van der Waals surface area contributed by atoms with Gasteiger partial charge in [0.05, 0.1) is 11.1 Å². The molecule has 0 atom stereocenters. The van der Waals surface area contributed by atoms with Gasteiger partial charge < -0.3 is 14.8 Å². The molecule has 112 valence electrons. The number of likely N-dealkylation sites (tertiary alicyclic amines) is 1. The van der Waals surface area contributed by atoms with E-state index in [1.807, 2.05) is 42.4 Å². The van der Waals surface area contributed by atoms with Crippen molar-refractivity contribution in [2.24, 2.45) is 0 Å². The third-order valence-electron chi connectivity index (χ3n) is 4.69. The van der Waals surface area contributed by atoms with Crippen LogP contribution in [-0.4, -0.2) is 53.4 Å². The number of aromatic amines is 1. The van der Waals surface area contributed by atoms with Gasteiger partial charge in [-0.1, -0.05) is 19.1 Å². The van der Waals surface area contributed by atoms with Crippen molar-refractivity contribution in [2.75, 3.05) is 26.7 Å². The van der Waals surface area contributed by atoms with Gasteiger partial charge in [-0.25, -0.2) is 0 Å². The summed E-state index contributed by atoms with van der Waals surface area (Å²) in [6, 6.07) is 8.26. The highest BCUT2D eigenvalue weighted by Gasteiger charge is 2.26. The Hall–Kier alpha value is -1.81. The Kier molecular flexibility index (Phi) is 3.97. The van der Waals surface area contributed by atoms with Crippen molar-refractivity contribution in [3.8, 4) is 0 Å². The molecule has 0 unspecified atom stereocenters. The molecule has 1 aromatic heterocycles. The first-order chi connectivity index (χ1) is 10.2. The Morgan fingerprint density at radius 3 is 2.81 bits per heavy atom. The zero-order valence-electron chi connectivity index (χ0n) is 12.8. The second kappa shape index (κ2) is 5.90. The topological polar surface area (TPSA) is 39.3 Å². The van der Waals surface area contributed by atoms with E-state index in [0.717, 1.165) is 48.9 Å². The summed E-state index contributed by atoms with van der Waals surface area (Å²) < 4.78 is 0. The normalized spacial score (nSPS) is 17.2. The van der Waals surface area contributed by atoms with Crippen molar-refractivity contribution in [3.63, 3.8) is 0 Å². The summed E-state index contributed by atoms with van der Waals surface area (Å²) in [5, 5.41) is 1.09. The van der Waals surface area contributed by atoms with Crippen LogP contribution in [0.3, 0.4) is 0 Å².